The number of ether oxygens (including phenoxy) is 2. The topological polar surface area (TPSA) is 105 Å². The van der Waals surface area contributed by atoms with Crippen molar-refractivity contribution in [2.75, 3.05) is 12.9 Å². The summed E-state index contributed by atoms with van der Waals surface area (Å²) in [4.78, 5) is 12.1. The van der Waals surface area contributed by atoms with Gasteiger partial charge in [0.2, 0.25) is 10.0 Å². The molecule has 3 rings (SSSR count). The predicted molar refractivity (Wildman–Crippen MR) is 155 cm³/mol. The summed E-state index contributed by atoms with van der Waals surface area (Å²) in [7, 11) is -3.86. The minimum atomic E-state index is -3.86. The van der Waals surface area contributed by atoms with Crippen molar-refractivity contribution in [2.24, 2.45) is 0 Å². The van der Waals surface area contributed by atoms with Gasteiger partial charge in [0.15, 0.2) is 6.61 Å². The smallest absolute Gasteiger partial charge is 0.344 e. The van der Waals surface area contributed by atoms with Gasteiger partial charge in [-0.3, -0.25) is 0 Å². The van der Waals surface area contributed by atoms with E-state index in [0.717, 1.165) is 12.1 Å². The number of thiol groups is 1. The number of sulfonamides is 1. The normalized spacial score (nSPS) is 10.6. The maximum absolute atomic E-state index is 13.1. The van der Waals surface area contributed by atoms with Gasteiger partial charge in [-0.15, -0.1) is 0 Å². The summed E-state index contributed by atoms with van der Waals surface area (Å²) in [5.74, 6) is -0.698. The fourth-order valence-corrected chi connectivity index (χ4v) is 4.20. The number of rotatable bonds is 8. The maximum Gasteiger partial charge on any atom is 0.344 e. The number of halogens is 1. The molecule has 7 nitrogen and oxygen atoms in total. The first-order valence-electron chi connectivity index (χ1n) is 12.1. The Kier molecular flexibility index (Phi) is 13.7. The molecule has 0 atom stereocenters. The monoisotopic (exact) mass is 574 g/mol. The van der Waals surface area contributed by atoms with E-state index in [1.54, 1.807) is 69.5 Å². The summed E-state index contributed by atoms with van der Waals surface area (Å²) < 4.78 is 51.8. The van der Waals surface area contributed by atoms with Crippen LogP contribution in [0.25, 0.3) is 11.1 Å². The van der Waals surface area contributed by atoms with Gasteiger partial charge in [0.1, 0.15) is 17.2 Å². The fraction of sp³-hybridized carbons (Fsp3) is 0.310. The van der Waals surface area contributed by atoms with Crippen LogP contribution in [-0.4, -0.2) is 32.9 Å². The van der Waals surface area contributed by atoms with Gasteiger partial charge in [-0.1, -0.05) is 32.0 Å². The molecule has 0 aliphatic rings. The quantitative estimate of drug-likeness (QED) is 0.248. The Morgan fingerprint density at radius 1 is 1.03 bits per heavy atom. The molecule has 3 aromatic rings. The number of nitrogens with zero attached hydrogens (tertiary/aromatic N) is 1. The molecule has 0 amide bonds. The third kappa shape index (κ3) is 11.1. The first kappa shape index (κ1) is 33.6. The molecule has 39 heavy (non-hydrogen) atoms. The number of esters is 1. The molecule has 0 radical (unpaired) electrons. The van der Waals surface area contributed by atoms with Crippen molar-refractivity contribution in [3.63, 3.8) is 0 Å². The SMILES string of the molecule is CC.CC(C)(C)OC(=O)COc1ccc(CNS(=O)(=O)c2ccc(F)cc2)cc1-c1cccc(C#N)c1.CS. The van der Waals surface area contributed by atoms with Gasteiger partial charge in [-0.25, -0.2) is 22.3 Å². The fourth-order valence-electron chi connectivity index (χ4n) is 3.18. The molecule has 0 saturated carbocycles. The summed E-state index contributed by atoms with van der Waals surface area (Å²) >= 11 is 3.53. The van der Waals surface area contributed by atoms with Gasteiger partial charge in [-0.05, 0) is 86.7 Å². The van der Waals surface area contributed by atoms with E-state index in [1.165, 1.54) is 12.1 Å². The van der Waals surface area contributed by atoms with Crippen molar-refractivity contribution in [1.82, 2.24) is 4.72 Å². The molecule has 0 aliphatic heterocycles. The van der Waals surface area contributed by atoms with Crippen LogP contribution in [0, 0.1) is 17.1 Å². The minimum Gasteiger partial charge on any atom is -0.481 e. The highest BCUT2D eigenvalue weighted by Gasteiger charge is 2.18. The Morgan fingerprint density at radius 3 is 2.26 bits per heavy atom. The lowest BCUT2D eigenvalue weighted by atomic mass is 10.00. The van der Waals surface area contributed by atoms with E-state index in [4.69, 9.17) is 9.47 Å². The first-order valence-corrected chi connectivity index (χ1v) is 14.5. The molecule has 0 saturated heterocycles. The zero-order valence-electron chi connectivity index (χ0n) is 23.0. The Hall–Kier alpha value is -3.39. The van der Waals surface area contributed by atoms with E-state index in [1.807, 2.05) is 13.8 Å². The van der Waals surface area contributed by atoms with Crippen molar-refractivity contribution < 1.29 is 27.1 Å². The Balaban J connectivity index is 0.00000181. The van der Waals surface area contributed by atoms with Crippen LogP contribution in [0.5, 0.6) is 5.75 Å². The van der Waals surface area contributed by atoms with Gasteiger partial charge in [-0.2, -0.15) is 17.9 Å². The Morgan fingerprint density at radius 2 is 1.67 bits per heavy atom. The number of hydrogen-bond donors (Lipinski definition) is 2. The highest BCUT2D eigenvalue weighted by molar-refractivity contribution is 7.89. The summed E-state index contributed by atoms with van der Waals surface area (Å²) in [5, 5.41) is 9.27. The molecule has 0 bridgehead atoms. The summed E-state index contributed by atoms with van der Waals surface area (Å²) in [6, 6.07) is 18.4. The molecular formula is C29H35FN2O5S2. The molecular weight excluding hydrogens is 539 g/mol. The van der Waals surface area contributed by atoms with E-state index in [2.05, 4.69) is 23.4 Å². The van der Waals surface area contributed by atoms with Crippen molar-refractivity contribution >= 4 is 28.6 Å². The van der Waals surface area contributed by atoms with E-state index >= 15 is 0 Å². The number of hydrogen-bond acceptors (Lipinski definition) is 7. The molecule has 0 fully saturated rings. The number of carbonyl (C=O) groups is 1. The van der Waals surface area contributed by atoms with Crippen LogP contribution in [0.2, 0.25) is 0 Å². The second kappa shape index (κ2) is 15.9. The molecule has 0 unspecified atom stereocenters. The average molecular weight is 575 g/mol. The van der Waals surface area contributed by atoms with E-state index in [9.17, 15) is 22.9 Å². The zero-order valence-corrected chi connectivity index (χ0v) is 24.7. The molecule has 10 heteroatoms. The van der Waals surface area contributed by atoms with Crippen LogP contribution in [0.4, 0.5) is 4.39 Å². The second-order valence-corrected chi connectivity index (χ2v) is 10.4. The molecule has 210 valence electrons. The lowest BCUT2D eigenvalue weighted by molar-refractivity contribution is -0.157. The number of nitrogens with one attached hydrogen (secondary N) is 1. The number of nitriles is 1. The van der Waals surface area contributed by atoms with Crippen LogP contribution in [0.3, 0.4) is 0 Å². The van der Waals surface area contributed by atoms with Crippen LogP contribution in [0.15, 0.2) is 71.6 Å². The van der Waals surface area contributed by atoms with Gasteiger partial charge in [0.05, 0.1) is 16.5 Å². The van der Waals surface area contributed by atoms with E-state index in [0.29, 0.717) is 28.0 Å². The van der Waals surface area contributed by atoms with Crippen LogP contribution >= 0.6 is 12.6 Å². The van der Waals surface area contributed by atoms with Crippen LogP contribution < -0.4 is 9.46 Å². The standard InChI is InChI=1S/C26H25FN2O5S.C2H6.CH4S/c1-26(2,3)34-25(30)17-33-24-12-7-19(14-23(24)20-6-4-5-18(13-20)15-28)16-29-35(31,32)22-10-8-21(27)9-11-22;2*1-2/h4-14,29H,16-17H2,1-3H3;1-2H3;2H,1H3. The van der Waals surface area contributed by atoms with Crippen molar-refractivity contribution in [2.45, 2.75) is 51.7 Å². The van der Waals surface area contributed by atoms with Gasteiger partial charge >= 0.3 is 5.97 Å². The van der Waals surface area contributed by atoms with Gasteiger partial charge in [0.25, 0.3) is 0 Å². The molecule has 0 heterocycles. The van der Waals surface area contributed by atoms with E-state index in [-0.39, 0.29) is 18.0 Å². The third-order valence-corrected chi connectivity index (χ3v) is 6.12. The largest absolute Gasteiger partial charge is 0.481 e. The number of carbonyl (C=O) groups excluding carboxylic acids is 1. The second-order valence-electron chi connectivity index (χ2n) is 8.68. The highest BCUT2D eigenvalue weighted by atomic mass is 32.2. The molecule has 0 aliphatic carbocycles. The summed E-state index contributed by atoms with van der Waals surface area (Å²) in [5.41, 5.74) is 1.62. The minimum absolute atomic E-state index is 0.0446. The Labute approximate surface area is 236 Å². The maximum atomic E-state index is 13.1. The highest BCUT2D eigenvalue weighted by Crippen LogP contribution is 2.32. The summed E-state index contributed by atoms with van der Waals surface area (Å²) in [6.45, 7) is 8.90. The van der Waals surface area contributed by atoms with Gasteiger partial charge in [0, 0.05) is 12.1 Å². The Bertz CT molecular complexity index is 1360. The van der Waals surface area contributed by atoms with E-state index < -0.39 is 27.4 Å². The lowest BCUT2D eigenvalue weighted by Gasteiger charge is -2.20. The van der Waals surface area contributed by atoms with Crippen molar-refractivity contribution in [3.8, 4) is 22.9 Å². The molecule has 0 spiro atoms. The summed E-state index contributed by atoms with van der Waals surface area (Å²) in [6.07, 6.45) is 1.69. The molecule has 3 aromatic carbocycles. The van der Waals surface area contributed by atoms with Crippen LogP contribution in [-0.2, 0) is 26.1 Å². The van der Waals surface area contributed by atoms with Crippen molar-refractivity contribution in [1.29, 1.82) is 5.26 Å². The van der Waals surface area contributed by atoms with Crippen LogP contribution in [0.1, 0.15) is 45.7 Å². The molecule has 0 aromatic heterocycles. The number of benzene rings is 3. The zero-order chi connectivity index (χ0) is 29.6. The van der Waals surface area contributed by atoms with Gasteiger partial charge < -0.3 is 9.47 Å². The van der Waals surface area contributed by atoms with Crippen molar-refractivity contribution in [3.05, 3.63) is 83.7 Å². The first-order chi connectivity index (χ1) is 18.5. The predicted octanol–water partition coefficient (Wildman–Crippen LogP) is 6.14. The average Bonchev–Trinajstić information content (AvgIpc) is 2.92. The lowest BCUT2D eigenvalue weighted by Crippen LogP contribution is -2.27. The third-order valence-electron chi connectivity index (χ3n) is 4.70. The molecule has 1 N–H and O–H groups in total.